The monoisotopic (exact) mass is 571 g/mol. The first-order chi connectivity index (χ1) is 18.3. The molecule has 0 saturated carbocycles. The number of hydrogen-bond donors (Lipinski definition) is 4. The lowest BCUT2D eigenvalue weighted by Crippen LogP contribution is -2.57. The molecule has 0 bridgehead atoms. The van der Waals surface area contributed by atoms with Crippen LogP contribution in [0.25, 0.3) is 10.1 Å². The molecule has 39 heavy (non-hydrogen) atoms. The van der Waals surface area contributed by atoms with Crippen molar-refractivity contribution in [2.45, 2.75) is 69.6 Å². The standard InChI is InChI=1S/C29H34ClN3O5S/c1-16-20(6-5-7-23(16)34)26(36)31-21(13-17-8-9-24-18(12-17)10-11-39-24)25(35)28(38)33-15-19(30)14-22(33)27(37)32-29(2,3)4/h5-12,19,21-22,25,34-35H,13-15H2,1-4H3,(H,31,36)(H,32,37)/t19-,21-,22-,25-/m0/s1. The summed E-state index contributed by atoms with van der Waals surface area (Å²) < 4.78 is 1.10. The number of rotatable bonds is 7. The Labute approximate surface area is 237 Å². The molecular weight excluding hydrogens is 538 g/mol. The summed E-state index contributed by atoms with van der Waals surface area (Å²) in [4.78, 5) is 41.2. The van der Waals surface area contributed by atoms with Crippen LogP contribution in [0.15, 0.2) is 47.8 Å². The van der Waals surface area contributed by atoms with Crippen molar-refractivity contribution in [1.29, 1.82) is 0 Å². The smallest absolute Gasteiger partial charge is 0.254 e. The van der Waals surface area contributed by atoms with Crippen LogP contribution in [-0.4, -0.2) is 68.5 Å². The van der Waals surface area contributed by atoms with E-state index in [1.54, 1.807) is 30.4 Å². The number of carbonyl (C=O) groups excluding carboxylic acids is 3. The van der Waals surface area contributed by atoms with E-state index in [9.17, 15) is 24.6 Å². The number of aliphatic hydroxyl groups is 1. The molecule has 3 aromatic rings. The number of halogens is 1. The van der Waals surface area contributed by atoms with Crippen LogP contribution >= 0.6 is 22.9 Å². The number of likely N-dealkylation sites (tertiary alicyclic amines) is 1. The van der Waals surface area contributed by atoms with Gasteiger partial charge in [0.05, 0.1) is 11.4 Å². The first kappa shape index (κ1) is 28.9. The average molecular weight is 572 g/mol. The van der Waals surface area contributed by atoms with Gasteiger partial charge in [-0.05, 0) is 81.1 Å². The van der Waals surface area contributed by atoms with E-state index in [2.05, 4.69) is 10.6 Å². The summed E-state index contributed by atoms with van der Waals surface area (Å²) >= 11 is 7.98. The molecule has 1 aromatic heterocycles. The van der Waals surface area contributed by atoms with Gasteiger partial charge in [0.1, 0.15) is 11.8 Å². The van der Waals surface area contributed by atoms with E-state index in [-0.39, 0.29) is 36.6 Å². The molecular formula is C29H34ClN3O5S. The topological polar surface area (TPSA) is 119 Å². The first-order valence-electron chi connectivity index (χ1n) is 12.8. The second-order valence-electron chi connectivity index (χ2n) is 11.1. The van der Waals surface area contributed by atoms with Crippen LogP contribution in [0.5, 0.6) is 5.75 Å². The summed E-state index contributed by atoms with van der Waals surface area (Å²) in [5, 5.41) is 29.7. The number of aliphatic hydroxyl groups excluding tert-OH is 1. The van der Waals surface area contributed by atoms with E-state index in [1.165, 1.54) is 11.0 Å². The first-order valence-corrected chi connectivity index (χ1v) is 14.2. The Morgan fingerprint density at radius 1 is 1.18 bits per heavy atom. The zero-order chi connectivity index (χ0) is 28.5. The molecule has 3 amide bonds. The number of nitrogens with zero attached hydrogens (tertiary/aromatic N) is 1. The SMILES string of the molecule is Cc1c(O)cccc1C(=O)N[C@@H](Cc1ccc2sccc2c1)[C@H](O)C(=O)N1C[C@@H](Cl)C[C@H]1C(=O)NC(C)(C)C. The molecule has 4 rings (SSSR count). The Hall–Kier alpha value is -3.14. The predicted octanol–water partition coefficient (Wildman–Crippen LogP) is 3.74. The highest BCUT2D eigenvalue weighted by molar-refractivity contribution is 7.17. The van der Waals surface area contributed by atoms with E-state index >= 15 is 0 Å². The fraction of sp³-hybridized carbons (Fsp3) is 0.414. The van der Waals surface area contributed by atoms with Crippen LogP contribution in [0.3, 0.4) is 0 Å². The number of benzene rings is 2. The highest BCUT2D eigenvalue weighted by Crippen LogP contribution is 2.27. The van der Waals surface area contributed by atoms with Crippen molar-refractivity contribution in [2.24, 2.45) is 0 Å². The quantitative estimate of drug-likeness (QED) is 0.322. The molecule has 0 radical (unpaired) electrons. The molecule has 1 saturated heterocycles. The maximum absolute atomic E-state index is 13.7. The van der Waals surface area contributed by atoms with E-state index in [4.69, 9.17) is 11.6 Å². The van der Waals surface area contributed by atoms with Gasteiger partial charge in [0.2, 0.25) is 5.91 Å². The number of alkyl halides is 1. The highest BCUT2D eigenvalue weighted by atomic mass is 35.5. The predicted molar refractivity (Wildman–Crippen MR) is 153 cm³/mol. The number of amides is 3. The van der Waals surface area contributed by atoms with Crippen LogP contribution in [0.1, 0.15) is 48.7 Å². The Morgan fingerprint density at radius 2 is 1.92 bits per heavy atom. The lowest BCUT2D eigenvalue weighted by Gasteiger charge is -2.32. The summed E-state index contributed by atoms with van der Waals surface area (Å²) in [5.74, 6) is -1.58. The second kappa shape index (κ2) is 11.5. The van der Waals surface area contributed by atoms with Crippen molar-refractivity contribution in [3.05, 3.63) is 64.5 Å². The minimum Gasteiger partial charge on any atom is -0.508 e. The number of phenolic OH excluding ortho intramolecular Hbond substituents is 1. The van der Waals surface area contributed by atoms with Gasteiger partial charge in [0, 0.05) is 27.9 Å². The summed E-state index contributed by atoms with van der Waals surface area (Å²) in [6.45, 7) is 7.26. The summed E-state index contributed by atoms with van der Waals surface area (Å²) in [6, 6.07) is 10.6. The van der Waals surface area contributed by atoms with Crippen molar-refractivity contribution in [3.8, 4) is 5.75 Å². The lowest BCUT2D eigenvalue weighted by atomic mass is 9.98. The molecule has 2 heterocycles. The third-order valence-corrected chi connectivity index (χ3v) is 8.02. The van der Waals surface area contributed by atoms with E-state index < -0.39 is 40.9 Å². The van der Waals surface area contributed by atoms with E-state index in [0.29, 0.717) is 5.56 Å². The van der Waals surface area contributed by atoms with Gasteiger partial charge < -0.3 is 25.7 Å². The summed E-state index contributed by atoms with van der Waals surface area (Å²) in [5.41, 5.74) is 0.935. The number of aromatic hydroxyl groups is 1. The van der Waals surface area contributed by atoms with Crippen molar-refractivity contribution in [2.75, 3.05) is 6.54 Å². The van der Waals surface area contributed by atoms with Gasteiger partial charge in [-0.3, -0.25) is 14.4 Å². The number of hydrogen-bond acceptors (Lipinski definition) is 6. The van der Waals surface area contributed by atoms with Crippen LogP contribution < -0.4 is 10.6 Å². The molecule has 1 aliphatic rings. The van der Waals surface area contributed by atoms with Crippen molar-refractivity contribution in [3.63, 3.8) is 0 Å². The molecule has 1 aliphatic heterocycles. The van der Waals surface area contributed by atoms with Gasteiger partial charge in [0.25, 0.3) is 11.8 Å². The third kappa shape index (κ3) is 6.72. The molecule has 0 spiro atoms. The zero-order valence-corrected chi connectivity index (χ0v) is 24.0. The fourth-order valence-corrected chi connectivity index (χ4v) is 5.91. The van der Waals surface area contributed by atoms with Crippen LogP contribution in [-0.2, 0) is 16.0 Å². The van der Waals surface area contributed by atoms with Gasteiger partial charge in [0.15, 0.2) is 6.10 Å². The molecule has 208 valence electrons. The molecule has 10 heteroatoms. The Balaban J connectivity index is 1.62. The second-order valence-corrected chi connectivity index (χ2v) is 12.6. The molecule has 0 aliphatic carbocycles. The summed E-state index contributed by atoms with van der Waals surface area (Å²) in [6.07, 6.45) is -1.22. The molecule has 0 unspecified atom stereocenters. The van der Waals surface area contributed by atoms with Crippen LogP contribution in [0, 0.1) is 6.92 Å². The third-order valence-electron chi connectivity index (χ3n) is 6.81. The average Bonchev–Trinajstić information content (AvgIpc) is 3.49. The van der Waals surface area contributed by atoms with Crippen LogP contribution in [0.4, 0.5) is 0 Å². The van der Waals surface area contributed by atoms with Gasteiger partial charge in [-0.1, -0.05) is 18.2 Å². The van der Waals surface area contributed by atoms with Crippen molar-refractivity contribution < 1.29 is 24.6 Å². The van der Waals surface area contributed by atoms with Crippen molar-refractivity contribution in [1.82, 2.24) is 15.5 Å². The maximum atomic E-state index is 13.7. The van der Waals surface area contributed by atoms with E-state index in [1.807, 2.05) is 50.4 Å². The Bertz CT molecular complexity index is 1380. The maximum Gasteiger partial charge on any atom is 0.254 e. The van der Waals surface area contributed by atoms with Gasteiger partial charge in [-0.25, -0.2) is 0 Å². The molecule has 4 atom stereocenters. The number of thiophene rings is 1. The van der Waals surface area contributed by atoms with E-state index in [0.717, 1.165) is 15.6 Å². The van der Waals surface area contributed by atoms with Gasteiger partial charge in [-0.2, -0.15) is 0 Å². The molecule has 1 fully saturated rings. The van der Waals surface area contributed by atoms with Gasteiger partial charge in [-0.15, -0.1) is 22.9 Å². The highest BCUT2D eigenvalue weighted by Gasteiger charge is 2.43. The Morgan fingerprint density at radius 3 is 2.64 bits per heavy atom. The minimum atomic E-state index is -1.64. The molecule has 4 N–H and O–H groups in total. The normalized spacial score (nSPS) is 19.1. The van der Waals surface area contributed by atoms with Crippen molar-refractivity contribution >= 4 is 50.7 Å². The summed E-state index contributed by atoms with van der Waals surface area (Å²) in [7, 11) is 0. The molecule has 2 aromatic carbocycles. The largest absolute Gasteiger partial charge is 0.508 e. The molecule has 8 nitrogen and oxygen atoms in total. The number of phenols is 1. The number of nitrogens with one attached hydrogen (secondary N) is 2. The van der Waals surface area contributed by atoms with Gasteiger partial charge >= 0.3 is 0 Å². The van der Waals surface area contributed by atoms with Crippen LogP contribution in [0.2, 0.25) is 0 Å². The zero-order valence-electron chi connectivity index (χ0n) is 22.4. The Kier molecular flexibility index (Phi) is 8.54. The fourth-order valence-electron chi connectivity index (χ4n) is 4.83. The number of carbonyl (C=O) groups is 3. The number of fused-ring (bicyclic) bond motifs is 1. The minimum absolute atomic E-state index is 0.0309. The lowest BCUT2D eigenvalue weighted by molar-refractivity contribution is -0.146.